The maximum Gasteiger partial charge on any atom is 0.126 e. The lowest BCUT2D eigenvalue weighted by atomic mass is 10.0. The van der Waals surface area contributed by atoms with Gasteiger partial charge in [0.05, 0.1) is 6.10 Å². The van der Waals surface area contributed by atoms with E-state index in [0.717, 1.165) is 11.3 Å². The summed E-state index contributed by atoms with van der Waals surface area (Å²) in [5.74, 6) is 0.682. The van der Waals surface area contributed by atoms with Gasteiger partial charge in [0.15, 0.2) is 0 Å². The number of ether oxygens (including phenoxy) is 1. The van der Waals surface area contributed by atoms with Crippen LogP contribution in [0.4, 0.5) is 4.39 Å². The van der Waals surface area contributed by atoms with E-state index in [1.54, 1.807) is 6.07 Å². The Labute approximate surface area is 127 Å². The summed E-state index contributed by atoms with van der Waals surface area (Å²) in [7, 11) is 0. The minimum absolute atomic E-state index is 0.0649. The molecule has 0 aromatic heterocycles. The van der Waals surface area contributed by atoms with Gasteiger partial charge < -0.3 is 4.74 Å². The molecule has 0 aliphatic carbocycles. The molecule has 0 aliphatic heterocycles. The highest BCUT2D eigenvalue weighted by atomic mass is 79.9. The summed E-state index contributed by atoms with van der Waals surface area (Å²) in [6.07, 6.45) is 0.753. The molecule has 3 heteroatoms. The van der Waals surface area contributed by atoms with Crippen LogP contribution in [-0.4, -0.2) is 6.10 Å². The summed E-state index contributed by atoms with van der Waals surface area (Å²) in [6.45, 7) is 4.00. The van der Waals surface area contributed by atoms with Gasteiger partial charge in [0.1, 0.15) is 11.6 Å². The average molecular weight is 337 g/mol. The second-order valence-corrected chi connectivity index (χ2v) is 6.11. The zero-order chi connectivity index (χ0) is 14.5. The van der Waals surface area contributed by atoms with Crippen molar-refractivity contribution in [3.8, 4) is 5.75 Å². The fourth-order valence-electron chi connectivity index (χ4n) is 2.03. The molecule has 2 rings (SSSR count). The van der Waals surface area contributed by atoms with Crippen molar-refractivity contribution < 1.29 is 9.13 Å². The highest BCUT2D eigenvalue weighted by Gasteiger charge is 2.12. The molecule has 0 amide bonds. The van der Waals surface area contributed by atoms with Crippen LogP contribution < -0.4 is 4.74 Å². The smallest absolute Gasteiger partial charge is 0.126 e. The maximum absolute atomic E-state index is 13.7. The summed E-state index contributed by atoms with van der Waals surface area (Å²) >= 11 is 3.64. The van der Waals surface area contributed by atoms with E-state index in [-0.39, 0.29) is 16.7 Å². The van der Waals surface area contributed by atoms with Crippen molar-refractivity contribution in [3.63, 3.8) is 0 Å². The molecule has 1 unspecified atom stereocenters. The van der Waals surface area contributed by atoms with E-state index in [9.17, 15) is 4.39 Å². The highest BCUT2D eigenvalue weighted by Crippen LogP contribution is 2.30. The minimum atomic E-state index is -0.161. The second kappa shape index (κ2) is 6.89. The molecular formula is C17H18BrFO. The summed E-state index contributed by atoms with van der Waals surface area (Å²) in [6, 6.07) is 14.8. The molecule has 0 fully saturated rings. The quantitative estimate of drug-likeness (QED) is 0.674. The van der Waals surface area contributed by atoms with Gasteiger partial charge in [0.25, 0.3) is 0 Å². The van der Waals surface area contributed by atoms with E-state index >= 15 is 0 Å². The fraction of sp³-hybridized carbons (Fsp3) is 0.294. The predicted octanol–water partition coefficient (Wildman–Crippen LogP) is 5.29. The van der Waals surface area contributed by atoms with E-state index in [0.29, 0.717) is 12.0 Å². The van der Waals surface area contributed by atoms with E-state index < -0.39 is 0 Å². The molecule has 0 aliphatic rings. The molecule has 0 saturated heterocycles. The highest BCUT2D eigenvalue weighted by molar-refractivity contribution is 9.09. The summed E-state index contributed by atoms with van der Waals surface area (Å²) in [5, 5.41) is 0. The first-order valence-electron chi connectivity index (χ1n) is 6.70. The standard InChI is InChI=1S/C17H18BrFO/c1-12(2)20-15-8-5-7-13(10-15)16(18)11-14-6-3-4-9-17(14)19/h3-10,12,16H,11H2,1-2H3. The summed E-state index contributed by atoms with van der Waals surface area (Å²) in [5.41, 5.74) is 1.80. The molecular weight excluding hydrogens is 319 g/mol. The molecule has 0 spiro atoms. The van der Waals surface area contributed by atoms with Crippen molar-refractivity contribution >= 4 is 15.9 Å². The number of rotatable bonds is 5. The number of alkyl halides is 1. The third-order valence-corrected chi connectivity index (χ3v) is 3.80. The maximum atomic E-state index is 13.7. The zero-order valence-corrected chi connectivity index (χ0v) is 13.2. The topological polar surface area (TPSA) is 9.23 Å². The predicted molar refractivity (Wildman–Crippen MR) is 84.0 cm³/mol. The van der Waals surface area contributed by atoms with E-state index in [1.165, 1.54) is 6.07 Å². The third kappa shape index (κ3) is 4.07. The Kier molecular flexibility index (Phi) is 5.18. The van der Waals surface area contributed by atoms with Crippen LogP contribution in [0.15, 0.2) is 48.5 Å². The van der Waals surface area contributed by atoms with Crippen LogP contribution in [-0.2, 0) is 6.42 Å². The minimum Gasteiger partial charge on any atom is -0.491 e. The molecule has 2 aromatic rings. The number of halogens is 2. The largest absolute Gasteiger partial charge is 0.491 e. The number of hydrogen-bond acceptors (Lipinski definition) is 1. The Hall–Kier alpha value is -1.35. The molecule has 1 atom stereocenters. The van der Waals surface area contributed by atoms with Crippen LogP contribution in [0.2, 0.25) is 0 Å². The molecule has 0 N–H and O–H groups in total. The number of hydrogen-bond donors (Lipinski definition) is 0. The van der Waals surface area contributed by atoms with Crippen LogP contribution in [0, 0.1) is 5.82 Å². The van der Waals surface area contributed by atoms with Crippen molar-refractivity contribution in [1.82, 2.24) is 0 Å². The van der Waals surface area contributed by atoms with Gasteiger partial charge in [-0.15, -0.1) is 0 Å². The van der Waals surface area contributed by atoms with Crippen LogP contribution in [0.3, 0.4) is 0 Å². The fourth-order valence-corrected chi connectivity index (χ4v) is 2.66. The first kappa shape index (κ1) is 15.0. The lowest BCUT2D eigenvalue weighted by Crippen LogP contribution is -2.06. The SMILES string of the molecule is CC(C)Oc1cccc(C(Br)Cc2ccccc2F)c1. The molecule has 0 radical (unpaired) electrons. The average Bonchev–Trinajstić information content (AvgIpc) is 2.41. The Bertz CT molecular complexity index is 568. The second-order valence-electron chi connectivity index (χ2n) is 5.00. The van der Waals surface area contributed by atoms with Gasteiger partial charge in [-0.2, -0.15) is 0 Å². The van der Waals surface area contributed by atoms with Crippen molar-refractivity contribution in [2.75, 3.05) is 0 Å². The lowest BCUT2D eigenvalue weighted by Gasteiger charge is -2.14. The monoisotopic (exact) mass is 336 g/mol. The Morgan fingerprint density at radius 2 is 1.85 bits per heavy atom. The molecule has 106 valence electrons. The zero-order valence-electron chi connectivity index (χ0n) is 11.6. The van der Waals surface area contributed by atoms with Crippen LogP contribution in [0.5, 0.6) is 5.75 Å². The number of benzene rings is 2. The van der Waals surface area contributed by atoms with Gasteiger partial charge in [-0.1, -0.05) is 46.3 Å². The van der Waals surface area contributed by atoms with Gasteiger partial charge in [-0.25, -0.2) is 4.39 Å². The molecule has 1 nitrogen and oxygen atoms in total. The summed E-state index contributed by atoms with van der Waals surface area (Å²) < 4.78 is 19.4. The van der Waals surface area contributed by atoms with E-state index in [4.69, 9.17) is 4.74 Å². The third-order valence-electron chi connectivity index (χ3n) is 2.95. The lowest BCUT2D eigenvalue weighted by molar-refractivity contribution is 0.242. The molecule has 0 bridgehead atoms. The van der Waals surface area contributed by atoms with E-state index in [2.05, 4.69) is 15.9 Å². The molecule has 0 saturated carbocycles. The Balaban J connectivity index is 2.13. The Morgan fingerprint density at radius 3 is 2.55 bits per heavy atom. The van der Waals surface area contributed by atoms with Crippen molar-refractivity contribution in [3.05, 3.63) is 65.5 Å². The van der Waals surface area contributed by atoms with Gasteiger partial charge in [-0.05, 0) is 49.6 Å². The van der Waals surface area contributed by atoms with Crippen LogP contribution in [0.25, 0.3) is 0 Å². The van der Waals surface area contributed by atoms with Gasteiger partial charge in [0, 0.05) is 4.83 Å². The Morgan fingerprint density at radius 1 is 1.10 bits per heavy atom. The molecule has 20 heavy (non-hydrogen) atoms. The van der Waals surface area contributed by atoms with Crippen molar-refractivity contribution in [2.45, 2.75) is 31.2 Å². The van der Waals surface area contributed by atoms with Crippen molar-refractivity contribution in [2.24, 2.45) is 0 Å². The summed E-state index contributed by atoms with van der Waals surface area (Å²) in [4.78, 5) is 0.0649. The first-order chi connectivity index (χ1) is 9.56. The normalized spacial score (nSPS) is 12.4. The van der Waals surface area contributed by atoms with Gasteiger partial charge in [0.2, 0.25) is 0 Å². The van der Waals surface area contributed by atoms with Crippen LogP contribution in [0.1, 0.15) is 29.8 Å². The van der Waals surface area contributed by atoms with Gasteiger partial charge >= 0.3 is 0 Å². The molecule has 0 heterocycles. The van der Waals surface area contributed by atoms with E-state index in [1.807, 2.05) is 50.2 Å². The van der Waals surface area contributed by atoms with Crippen molar-refractivity contribution in [1.29, 1.82) is 0 Å². The van der Waals surface area contributed by atoms with Crippen LogP contribution >= 0.6 is 15.9 Å². The van der Waals surface area contributed by atoms with Gasteiger partial charge in [-0.3, -0.25) is 0 Å². The molecule has 2 aromatic carbocycles. The first-order valence-corrected chi connectivity index (χ1v) is 7.62.